The smallest absolute Gasteiger partial charge is 0.134 e. The highest BCUT2D eigenvalue weighted by atomic mass is 19.1. The highest BCUT2D eigenvalue weighted by molar-refractivity contribution is 5.81. The van der Waals surface area contributed by atoms with Gasteiger partial charge in [0, 0.05) is 17.0 Å². The van der Waals surface area contributed by atoms with Crippen LogP contribution in [0.15, 0.2) is 28.9 Å². The van der Waals surface area contributed by atoms with Gasteiger partial charge in [-0.25, -0.2) is 4.39 Å². The summed E-state index contributed by atoms with van der Waals surface area (Å²) in [4.78, 5) is 0. The highest BCUT2D eigenvalue weighted by Gasteiger charge is 2.22. The first-order valence-corrected chi connectivity index (χ1v) is 5.25. The number of hydrogen-bond donors (Lipinski definition) is 1. The average molecular weight is 205 g/mol. The Morgan fingerprint density at radius 1 is 1.33 bits per heavy atom. The van der Waals surface area contributed by atoms with Crippen LogP contribution in [0.1, 0.15) is 24.4 Å². The van der Waals surface area contributed by atoms with Crippen molar-refractivity contribution in [2.45, 2.75) is 18.9 Å². The minimum Gasteiger partial charge on any atom is -0.464 e. The number of rotatable bonds is 1. The van der Waals surface area contributed by atoms with Crippen molar-refractivity contribution < 1.29 is 8.81 Å². The Morgan fingerprint density at radius 2 is 2.27 bits per heavy atom. The van der Waals surface area contributed by atoms with Crippen LogP contribution < -0.4 is 5.32 Å². The summed E-state index contributed by atoms with van der Waals surface area (Å²) in [5, 5.41) is 4.21. The Hall–Kier alpha value is -1.35. The maximum absolute atomic E-state index is 13.8. The molecule has 1 aromatic heterocycles. The van der Waals surface area contributed by atoms with Gasteiger partial charge in [-0.05, 0) is 37.6 Å². The Labute approximate surface area is 87.1 Å². The molecule has 1 unspecified atom stereocenters. The Kier molecular flexibility index (Phi) is 1.99. The van der Waals surface area contributed by atoms with Gasteiger partial charge in [-0.1, -0.05) is 0 Å². The van der Waals surface area contributed by atoms with E-state index in [0.29, 0.717) is 0 Å². The van der Waals surface area contributed by atoms with Gasteiger partial charge < -0.3 is 9.73 Å². The van der Waals surface area contributed by atoms with Crippen LogP contribution in [0.4, 0.5) is 4.39 Å². The molecule has 1 saturated heterocycles. The second-order valence-electron chi connectivity index (χ2n) is 3.94. The van der Waals surface area contributed by atoms with E-state index in [1.807, 2.05) is 6.07 Å². The van der Waals surface area contributed by atoms with E-state index in [1.165, 1.54) is 6.07 Å². The Bertz CT molecular complexity index is 485. The van der Waals surface area contributed by atoms with Gasteiger partial charge >= 0.3 is 0 Å². The van der Waals surface area contributed by atoms with Gasteiger partial charge in [0.2, 0.25) is 0 Å². The second kappa shape index (κ2) is 3.35. The number of hydrogen-bond acceptors (Lipinski definition) is 2. The van der Waals surface area contributed by atoms with Crippen molar-refractivity contribution in [1.82, 2.24) is 5.32 Å². The Balaban J connectivity index is 2.21. The quantitative estimate of drug-likeness (QED) is 0.774. The molecule has 1 atom stereocenters. The van der Waals surface area contributed by atoms with Crippen molar-refractivity contribution >= 4 is 11.0 Å². The zero-order valence-corrected chi connectivity index (χ0v) is 8.29. The first-order chi connectivity index (χ1) is 7.36. The fourth-order valence-corrected chi connectivity index (χ4v) is 2.32. The zero-order chi connectivity index (χ0) is 10.3. The van der Waals surface area contributed by atoms with Gasteiger partial charge in [-0.3, -0.25) is 0 Å². The summed E-state index contributed by atoms with van der Waals surface area (Å²) >= 11 is 0. The minimum atomic E-state index is -0.136. The molecular formula is C12H12FNO. The molecule has 0 aliphatic carbocycles. The lowest BCUT2D eigenvalue weighted by Gasteiger charge is -2.12. The average Bonchev–Trinajstić information content (AvgIpc) is 2.85. The van der Waals surface area contributed by atoms with E-state index in [0.717, 1.165) is 35.9 Å². The molecule has 3 rings (SSSR count). The van der Waals surface area contributed by atoms with E-state index in [2.05, 4.69) is 5.32 Å². The third kappa shape index (κ3) is 1.35. The topological polar surface area (TPSA) is 25.2 Å². The molecule has 1 aliphatic heterocycles. The van der Waals surface area contributed by atoms with E-state index in [1.54, 1.807) is 12.3 Å². The SMILES string of the molecule is Fc1ccc2occc2c1C1CCCN1. The van der Waals surface area contributed by atoms with Gasteiger partial charge in [-0.2, -0.15) is 0 Å². The van der Waals surface area contributed by atoms with Crippen LogP contribution in [0.25, 0.3) is 11.0 Å². The summed E-state index contributed by atoms with van der Waals surface area (Å²) in [5.74, 6) is -0.136. The van der Waals surface area contributed by atoms with E-state index in [-0.39, 0.29) is 11.9 Å². The van der Waals surface area contributed by atoms with Crippen molar-refractivity contribution in [2.24, 2.45) is 0 Å². The van der Waals surface area contributed by atoms with Crippen LogP contribution in [0, 0.1) is 5.82 Å². The molecule has 2 heterocycles. The molecule has 0 radical (unpaired) electrons. The van der Waals surface area contributed by atoms with E-state index < -0.39 is 0 Å². The molecule has 0 bridgehead atoms. The van der Waals surface area contributed by atoms with Gasteiger partial charge in [0.05, 0.1) is 6.26 Å². The lowest BCUT2D eigenvalue weighted by molar-refractivity contribution is 0.561. The molecule has 1 fully saturated rings. The van der Waals surface area contributed by atoms with Crippen molar-refractivity contribution in [3.05, 3.63) is 35.8 Å². The van der Waals surface area contributed by atoms with E-state index in [9.17, 15) is 4.39 Å². The van der Waals surface area contributed by atoms with Crippen LogP contribution >= 0.6 is 0 Å². The lowest BCUT2D eigenvalue weighted by atomic mass is 10.0. The fourth-order valence-electron chi connectivity index (χ4n) is 2.32. The van der Waals surface area contributed by atoms with Crippen LogP contribution in [-0.2, 0) is 0 Å². The van der Waals surface area contributed by atoms with Crippen LogP contribution in [0.2, 0.25) is 0 Å². The predicted molar refractivity (Wildman–Crippen MR) is 56.1 cm³/mol. The lowest BCUT2D eigenvalue weighted by Crippen LogP contribution is -2.14. The molecule has 78 valence electrons. The fraction of sp³-hybridized carbons (Fsp3) is 0.333. The molecule has 2 nitrogen and oxygen atoms in total. The maximum atomic E-state index is 13.8. The summed E-state index contributed by atoms with van der Waals surface area (Å²) in [6.07, 6.45) is 3.72. The molecule has 1 N–H and O–H groups in total. The largest absolute Gasteiger partial charge is 0.464 e. The standard InChI is InChI=1S/C12H12FNO/c13-9-3-4-11-8(5-7-15-11)12(9)10-2-1-6-14-10/h3-5,7,10,14H,1-2,6H2. The van der Waals surface area contributed by atoms with Gasteiger partial charge in [0.15, 0.2) is 0 Å². The van der Waals surface area contributed by atoms with Crippen molar-refractivity contribution in [3.63, 3.8) is 0 Å². The Morgan fingerprint density at radius 3 is 3.07 bits per heavy atom. The number of furan rings is 1. The summed E-state index contributed by atoms with van der Waals surface area (Å²) in [7, 11) is 0. The molecule has 0 amide bonds. The van der Waals surface area contributed by atoms with Crippen molar-refractivity contribution in [2.75, 3.05) is 6.54 Å². The van der Waals surface area contributed by atoms with Crippen LogP contribution in [-0.4, -0.2) is 6.54 Å². The third-order valence-electron chi connectivity index (χ3n) is 3.03. The maximum Gasteiger partial charge on any atom is 0.134 e. The number of nitrogens with one attached hydrogen (secondary N) is 1. The first kappa shape index (κ1) is 8.92. The van der Waals surface area contributed by atoms with Gasteiger partial charge in [0.1, 0.15) is 11.4 Å². The molecule has 1 aliphatic rings. The molecular weight excluding hydrogens is 193 g/mol. The summed E-state index contributed by atoms with van der Waals surface area (Å²) in [6, 6.07) is 5.16. The molecule has 1 aromatic carbocycles. The third-order valence-corrected chi connectivity index (χ3v) is 3.03. The number of benzene rings is 1. The molecule has 2 aromatic rings. The van der Waals surface area contributed by atoms with Gasteiger partial charge in [0.25, 0.3) is 0 Å². The summed E-state index contributed by atoms with van der Waals surface area (Å²) in [6.45, 7) is 0.971. The van der Waals surface area contributed by atoms with Crippen molar-refractivity contribution in [3.8, 4) is 0 Å². The minimum absolute atomic E-state index is 0.136. The molecule has 0 spiro atoms. The first-order valence-electron chi connectivity index (χ1n) is 5.25. The molecule has 0 saturated carbocycles. The van der Waals surface area contributed by atoms with Crippen LogP contribution in [0.5, 0.6) is 0 Å². The van der Waals surface area contributed by atoms with Gasteiger partial charge in [-0.15, -0.1) is 0 Å². The second-order valence-corrected chi connectivity index (χ2v) is 3.94. The molecule has 3 heteroatoms. The summed E-state index contributed by atoms with van der Waals surface area (Å²) in [5.41, 5.74) is 1.53. The highest BCUT2D eigenvalue weighted by Crippen LogP contribution is 2.32. The van der Waals surface area contributed by atoms with E-state index in [4.69, 9.17) is 4.42 Å². The zero-order valence-electron chi connectivity index (χ0n) is 8.29. The molecule has 15 heavy (non-hydrogen) atoms. The predicted octanol–water partition coefficient (Wildman–Crippen LogP) is 3.00. The van der Waals surface area contributed by atoms with Crippen molar-refractivity contribution in [1.29, 1.82) is 0 Å². The number of fused-ring (bicyclic) bond motifs is 1. The normalized spacial score (nSPS) is 21.3. The summed E-state index contributed by atoms with van der Waals surface area (Å²) < 4.78 is 19.0. The monoisotopic (exact) mass is 205 g/mol. The van der Waals surface area contributed by atoms with E-state index >= 15 is 0 Å². The number of halogens is 1. The van der Waals surface area contributed by atoms with Crippen LogP contribution in [0.3, 0.4) is 0 Å².